The van der Waals surface area contributed by atoms with E-state index in [0.29, 0.717) is 0 Å². The van der Waals surface area contributed by atoms with Crippen LogP contribution >= 0.6 is 47.0 Å². The van der Waals surface area contributed by atoms with Gasteiger partial charge in [-0.1, -0.05) is 61.4 Å². The summed E-state index contributed by atoms with van der Waals surface area (Å²) in [7, 11) is 0. The van der Waals surface area contributed by atoms with E-state index in [2.05, 4.69) is 95.6 Å². The molecule has 4 bridgehead atoms. The third-order valence-electron chi connectivity index (χ3n) is 5.21. The average Bonchev–Trinajstić information content (AvgIpc) is 2.77. The summed E-state index contributed by atoms with van der Waals surface area (Å²) in [5.41, 5.74) is 6.01. The smallest absolute Gasteiger partial charge is 0.0184 e. The van der Waals surface area contributed by atoms with Crippen molar-refractivity contribution in [3.63, 3.8) is 0 Å². The van der Waals surface area contributed by atoms with Crippen LogP contribution in [0.2, 0.25) is 0 Å². The number of fused-ring (bicyclic) bond motifs is 4. The molecule has 3 rings (SSSR count). The van der Waals surface area contributed by atoms with Crippen molar-refractivity contribution in [3.8, 4) is 0 Å². The molecule has 0 spiro atoms. The molecule has 2 aromatic rings. The summed E-state index contributed by atoms with van der Waals surface area (Å²) >= 11 is 8.42. The van der Waals surface area contributed by atoms with Crippen molar-refractivity contribution in [2.24, 2.45) is 0 Å². The largest absolute Gasteiger partial charge is 0.157 e. The molecule has 0 aromatic heterocycles. The molecule has 0 atom stereocenters. The number of hydrogen-bond acceptors (Lipinski definition) is 4. The maximum Gasteiger partial charge on any atom is 0.0184 e. The molecule has 0 radical (unpaired) electrons. The van der Waals surface area contributed by atoms with Crippen LogP contribution in [0, 0.1) is 0 Å². The summed E-state index contributed by atoms with van der Waals surface area (Å²) in [6.07, 6.45) is 8.16. The average molecular weight is 477 g/mol. The van der Waals surface area contributed by atoms with E-state index in [0.717, 1.165) is 0 Å². The number of rotatable bonds is 0. The van der Waals surface area contributed by atoms with Gasteiger partial charge in [-0.05, 0) is 70.9 Å². The molecule has 0 saturated carbocycles. The molecule has 0 fully saturated rings. The molecule has 0 N–H and O–H groups in total. The minimum Gasteiger partial charge on any atom is -0.157 e. The van der Waals surface area contributed by atoms with Crippen molar-refractivity contribution in [2.45, 2.75) is 61.5 Å². The first-order valence-electron chi connectivity index (χ1n) is 11.4. The lowest BCUT2D eigenvalue weighted by Crippen LogP contribution is -1.91. The van der Waals surface area contributed by atoms with Crippen LogP contribution in [0.25, 0.3) is 0 Å². The standard InChI is InChI=1S/C26H36S4/c1-3-13-27-19-23-9-7-11-25(17-23)21-29-15-5-2-6-16-30-22-26-12-8-10-24(18-26)20-28-14-4-1/h7-12,17-18H,1-6,13-16,19-22H2. The van der Waals surface area contributed by atoms with Crippen LogP contribution in [0.3, 0.4) is 0 Å². The Bertz CT molecular complexity index is 604. The Morgan fingerprint density at radius 2 is 0.700 bits per heavy atom. The molecular formula is C26H36S4. The molecule has 30 heavy (non-hydrogen) atoms. The van der Waals surface area contributed by atoms with Crippen LogP contribution in [0.5, 0.6) is 0 Å². The minimum absolute atomic E-state index is 1.17. The van der Waals surface area contributed by atoms with Gasteiger partial charge in [-0.15, -0.1) is 0 Å². The predicted octanol–water partition coefficient (Wildman–Crippen LogP) is 8.67. The second-order valence-electron chi connectivity index (χ2n) is 7.97. The summed E-state index contributed by atoms with van der Waals surface area (Å²) in [6, 6.07) is 18.6. The quantitative estimate of drug-likeness (QED) is 0.373. The van der Waals surface area contributed by atoms with E-state index in [9.17, 15) is 0 Å². The van der Waals surface area contributed by atoms with Gasteiger partial charge in [-0.3, -0.25) is 0 Å². The van der Waals surface area contributed by atoms with Crippen molar-refractivity contribution >= 4 is 47.0 Å². The summed E-state index contributed by atoms with van der Waals surface area (Å²) in [6.45, 7) is 0. The van der Waals surface area contributed by atoms with E-state index in [-0.39, 0.29) is 0 Å². The predicted molar refractivity (Wildman–Crippen MR) is 145 cm³/mol. The Hall–Kier alpha value is -0.160. The molecule has 1 aliphatic heterocycles. The maximum atomic E-state index is 2.43. The zero-order chi connectivity index (χ0) is 20.7. The molecule has 0 unspecified atom stereocenters. The third kappa shape index (κ3) is 10.4. The van der Waals surface area contributed by atoms with Crippen molar-refractivity contribution in [3.05, 3.63) is 70.8 Å². The van der Waals surface area contributed by atoms with Crippen LogP contribution in [0.15, 0.2) is 48.5 Å². The van der Waals surface area contributed by atoms with Gasteiger partial charge < -0.3 is 0 Å². The molecule has 1 aliphatic rings. The highest BCUT2D eigenvalue weighted by Gasteiger charge is 2.01. The van der Waals surface area contributed by atoms with E-state index < -0.39 is 0 Å². The monoisotopic (exact) mass is 476 g/mol. The summed E-state index contributed by atoms with van der Waals surface area (Å²) < 4.78 is 0. The first-order valence-corrected chi connectivity index (χ1v) is 16.0. The minimum atomic E-state index is 1.17. The van der Waals surface area contributed by atoms with Crippen LogP contribution in [-0.2, 0) is 23.0 Å². The molecule has 4 heteroatoms. The molecule has 164 valence electrons. The Kier molecular flexibility index (Phi) is 12.7. The molecule has 0 saturated heterocycles. The van der Waals surface area contributed by atoms with Gasteiger partial charge in [0.1, 0.15) is 0 Å². The van der Waals surface area contributed by atoms with Crippen molar-refractivity contribution in [1.29, 1.82) is 0 Å². The number of thioether (sulfide) groups is 4. The molecule has 2 aromatic carbocycles. The highest BCUT2D eigenvalue weighted by atomic mass is 32.2. The van der Waals surface area contributed by atoms with E-state index in [4.69, 9.17) is 0 Å². The molecule has 0 nitrogen and oxygen atoms in total. The first kappa shape index (κ1) is 24.5. The lowest BCUT2D eigenvalue weighted by molar-refractivity contribution is 0.785. The van der Waals surface area contributed by atoms with Gasteiger partial charge in [0.25, 0.3) is 0 Å². The fraction of sp³-hybridized carbons (Fsp3) is 0.538. The van der Waals surface area contributed by atoms with Crippen molar-refractivity contribution in [2.75, 3.05) is 23.0 Å². The SMILES string of the molecule is c1cc2cc(c1)CSCCCCCSCc1cccc(c1)CSCCCCCSC2. The summed E-state index contributed by atoms with van der Waals surface area (Å²) in [5, 5.41) is 0. The molecule has 1 heterocycles. The number of benzene rings is 2. The van der Waals surface area contributed by atoms with E-state index in [1.807, 2.05) is 0 Å². The Morgan fingerprint density at radius 3 is 1.00 bits per heavy atom. The Morgan fingerprint density at radius 1 is 0.400 bits per heavy atom. The zero-order valence-corrected chi connectivity index (χ0v) is 21.4. The van der Waals surface area contributed by atoms with Crippen LogP contribution in [-0.4, -0.2) is 23.0 Å². The van der Waals surface area contributed by atoms with Gasteiger partial charge in [-0.2, -0.15) is 47.0 Å². The van der Waals surface area contributed by atoms with Gasteiger partial charge in [0.2, 0.25) is 0 Å². The van der Waals surface area contributed by atoms with Gasteiger partial charge in [0.05, 0.1) is 0 Å². The topological polar surface area (TPSA) is 0 Å². The first-order chi connectivity index (χ1) is 14.9. The van der Waals surface area contributed by atoms with Gasteiger partial charge in [0, 0.05) is 23.0 Å². The summed E-state index contributed by atoms with van der Waals surface area (Å²) in [5.74, 6) is 9.85. The second kappa shape index (κ2) is 15.6. The highest BCUT2D eigenvalue weighted by Crippen LogP contribution is 2.22. The Balaban J connectivity index is 1.45. The fourth-order valence-electron chi connectivity index (χ4n) is 3.55. The van der Waals surface area contributed by atoms with Crippen molar-refractivity contribution in [1.82, 2.24) is 0 Å². The van der Waals surface area contributed by atoms with Gasteiger partial charge >= 0.3 is 0 Å². The third-order valence-corrected chi connectivity index (χ3v) is 9.67. The fourth-order valence-corrected chi connectivity index (χ4v) is 7.42. The number of hydrogen-bond donors (Lipinski definition) is 0. The maximum absolute atomic E-state index is 2.43. The van der Waals surface area contributed by atoms with Crippen LogP contribution in [0.1, 0.15) is 60.8 Å². The Labute approximate surface area is 201 Å². The highest BCUT2D eigenvalue weighted by molar-refractivity contribution is 7.99. The molecule has 0 aliphatic carbocycles. The van der Waals surface area contributed by atoms with Crippen molar-refractivity contribution < 1.29 is 0 Å². The van der Waals surface area contributed by atoms with E-state index >= 15 is 0 Å². The van der Waals surface area contributed by atoms with Gasteiger partial charge in [0.15, 0.2) is 0 Å². The molecule has 0 amide bonds. The lowest BCUT2D eigenvalue weighted by atomic mass is 10.2. The lowest BCUT2D eigenvalue weighted by Gasteiger charge is -2.08. The van der Waals surface area contributed by atoms with Crippen LogP contribution in [0.4, 0.5) is 0 Å². The zero-order valence-electron chi connectivity index (χ0n) is 18.2. The second-order valence-corrected chi connectivity index (χ2v) is 12.4. The van der Waals surface area contributed by atoms with E-state index in [1.165, 1.54) is 107 Å². The normalized spacial score (nSPS) is 18.9. The van der Waals surface area contributed by atoms with Gasteiger partial charge in [-0.25, -0.2) is 0 Å². The summed E-state index contributed by atoms with van der Waals surface area (Å²) in [4.78, 5) is 0. The molecular weight excluding hydrogens is 441 g/mol. The van der Waals surface area contributed by atoms with E-state index in [1.54, 1.807) is 0 Å². The van der Waals surface area contributed by atoms with Crippen LogP contribution < -0.4 is 0 Å².